The zero-order valence-corrected chi connectivity index (χ0v) is 13.8. The zero-order chi connectivity index (χ0) is 16.0. The maximum Gasteiger partial charge on any atom is 0.240 e. The molecule has 0 atom stereocenters. The summed E-state index contributed by atoms with van der Waals surface area (Å²) in [5.74, 6) is 0.0681. The normalized spacial score (nSPS) is 11.0. The second-order valence-corrected chi connectivity index (χ2v) is 6.75. The minimum absolute atomic E-state index is 0.276. The van der Waals surface area contributed by atoms with Gasteiger partial charge in [0.05, 0.1) is 24.1 Å². The molecule has 0 aromatic heterocycles. The molecule has 0 saturated heterocycles. The number of sulfonamides is 1. The number of nitrogens with one attached hydrogen (secondary N) is 1. The van der Waals surface area contributed by atoms with E-state index in [-0.39, 0.29) is 17.5 Å². The predicted molar refractivity (Wildman–Crippen MR) is 83.5 cm³/mol. The van der Waals surface area contributed by atoms with Crippen LogP contribution in [0.3, 0.4) is 0 Å². The number of carbonyl (C=O) groups is 1. The molecule has 0 aliphatic rings. The number of ether oxygens (including phenoxy) is 1. The fraction of sp³-hybridized carbons (Fsp3) is 0.462. The van der Waals surface area contributed by atoms with Crippen LogP contribution in [0, 0.1) is 0 Å². The lowest BCUT2D eigenvalue weighted by atomic mass is 10.3. The molecule has 1 amide bonds. The van der Waals surface area contributed by atoms with Gasteiger partial charge in [-0.15, -0.1) is 0 Å². The quantitative estimate of drug-likeness (QED) is 0.822. The summed E-state index contributed by atoms with van der Waals surface area (Å²) in [5.41, 5.74) is 0.315. The molecular weight excluding hydrogens is 316 g/mol. The Hall–Kier alpha value is -1.47. The van der Waals surface area contributed by atoms with Gasteiger partial charge in [-0.25, -0.2) is 8.42 Å². The Bertz CT molecular complexity index is 604. The predicted octanol–water partition coefficient (Wildman–Crippen LogP) is 1.64. The molecule has 1 N–H and O–H groups in total. The Morgan fingerprint density at radius 2 is 2.10 bits per heavy atom. The molecule has 0 spiro atoms. The molecule has 0 radical (unpaired) electrons. The number of nitrogens with zero attached hydrogens (tertiary/aromatic N) is 1. The number of amides is 1. The van der Waals surface area contributed by atoms with Crippen LogP contribution in [0.2, 0.25) is 5.02 Å². The van der Waals surface area contributed by atoms with Crippen molar-refractivity contribution in [2.24, 2.45) is 0 Å². The average molecular weight is 335 g/mol. The lowest BCUT2D eigenvalue weighted by Crippen LogP contribution is -2.40. The van der Waals surface area contributed by atoms with Crippen LogP contribution in [0.1, 0.15) is 13.3 Å². The van der Waals surface area contributed by atoms with Gasteiger partial charge >= 0.3 is 0 Å². The summed E-state index contributed by atoms with van der Waals surface area (Å²) < 4.78 is 29.8. The SMILES string of the molecule is CCCNC(=O)CN(c1ccc(OC)c(Cl)c1)S(C)(=O)=O. The molecule has 118 valence electrons. The summed E-state index contributed by atoms with van der Waals surface area (Å²) in [6.07, 6.45) is 1.82. The summed E-state index contributed by atoms with van der Waals surface area (Å²) in [4.78, 5) is 11.8. The van der Waals surface area contributed by atoms with Gasteiger partial charge in [0.15, 0.2) is 0 Å². The summed E-state index contributed by atoms with van der Waals surface area (Å²) in [5, 5.41) is 2.91. The highest BCUT2D eigenvalue weighted by molar-refractivity contribution is 7.92. The van der Waals surface area contributed by atoms with E-state index in [1.807, 2.05) is 6.92 Å². The fourth-order valence-electron chi connectivity index (χ4n) is 1.66. The van der Waals surface area contributed by atoms with Crippen LogP contribution in [0.15, 0.2) is 18.2 Å². The maximum absolute atomic E-state index is 11.9. The van der Waals surface area contributed by atoms with Gasteiger partial charge in [-0.2, -0.15) is 0 Å². The van der Waals surface area contributed by atoms with Gasteiger partial charge in [0, 0.05) is 6.54 Å². The van der Waals surface area contributed by atoms with Crippen molar-refractivity contribution < 1.29 is 17.9 Å². The van der Waals surface area contributed by atoms with Crippen LogP contribution < -0.4 is 14.4 Å². The number of rotatable bonds is 7. The molecule has 6 nitrogen and oxygen atoms in total. The van der Waals surface area contributed by atoms with E-state index in [0.29, 0.717) is 18.0 Å². The van der Waals surface area contributed by atoms with Gasteiger partial charge < -0.3 is 10.1 Å². The fourth-order valence-corrected chi connectivity index (χ4v) is 2.76. The molecular formula is C13H19ClN2O4S. The van der Waals surface area contributed by atoms with Gasteiger partial charge in [-0.1, -0.05) is 18.5 Å². The van der Waals surface area contributed by atoms with Crippen molar-refractivity contribution in [2.45, 2.75) is 13.3 Å². The Morgan fingerprint density at radius 1 is 1.43 bits per heavy atom. The van der Waals surface area contributed by atoms with Crippen LogP contribution in [0.4, 0.5) is 5.69 Å². The van der Waals surface area contributed by atoms with Crippen LogP contribution in [0.5, 0.6) is 5.75 Å². The largest absolute Gasteiger partial charge is 0.495 e. The van der Waals surface area contributed by atoms with Crippen LogP contribution in [-0.4, -0.2) is 40.8 Å². The molecule has 1 aromatic carbocycles. The molecule has 1 aromatic rings. The summed E-state index contributed by atoms with van der Waals surface area (Å²) >= 11 is 6.00. The van der Waals surface area contributed by atoms with Gasteiger partial charge in [-0.3, -0.25) is 9.10 Å². The van der Waals surface area contributed by atoms with Gasteiger partial charge in [0.25, 0.3) is 0 Å². The van der Waals surface area contributed by atoms with Crippen molar-refractivity contribution in [3.8, 4) is 5.75 Å². The minimum atomic E-state index is -3.60. The average Bonchev–Trinajstić information content (AvgIpc) is 2.41. The van der Waals surface area contributed by atoms with E-state index in [1.54, 1.807) is 12.1 Å². The van der Waals surface area contributed by atoms with Crippen LogP contribution in [0.25, 0.3) is 0 Å². The summed E-state index contributed by atoms with van der Waals surface area (Å²) in [6, 6.07) is 4.55. The topological polar surface area (TPSA) is 75.7 Å². The molecule has 8 heteroatoms. The van der Waals surface area contributed by atoms with E-state index in [1.165, 1.54) is 13.2 Å². The van der Waals surface area contributed by atoms with Crippen molar-refractivity contribution in [1.82, 2.24) is 5.32 Å². The van der Waals surface area contributed by atoms with E-state index >= 15 is 0 Å². The second kappa shape index (κ2) is 7.51. The smallest absolute Gasteiger partial charge is 0.240 e. The lowest BCUT2D eigenvalue weighted by molar-refractivity contribution is -0.119. The number of hydrogen-bond acceptors (Lipinski definition) is 4. The molecule has 0 fully saturated rings. The molecule has 0 aliphatic carbocycles. The third-order valence-corrected chi connectivity index (χ3v) is 4.12. The van der Waals surface area contributed by atoms with Crippen molar-refractivity contribution in [2.75, 3.05) is 30.8 Å². The number of hydrogen-bond donors (Lipinski definition) is 1. The third kappa shape index (κ3) is 5.09. The first-order chi connectivity index (χ1) is 9.79. The van der Waals surface area contributed by atoms with Crippen LogP contribution in [-0.2, 0) is 14.8 Å². The first kappa shape index (κ1) is 17.6. The van der Waals surface area contributed by atoms with E-state index < -0.39 is 10.0 Å². The Labute approximate surface area is 130 Å². The highest BCUT2D eigenvalue weighted by Crippen LogP contribution is 2.30. The van der Waals surface area contributed by atoms with E-state index in [2.05, 4.69) is 5.32 Å². The first-order valence-electron chi connectivity index (χ1n) is 6.37. The molecule has 0 unspecified atom stereocenters. The molecule has 0 aliphatic heterocycles. The van der Waals surface area contributed by atoms with Gasteiger partial charge in [0.2, 0.25) is 15.9 Å². The number of halogens is 1. The molecule has 0 heterocycles. The van der Waals surface area contributed by atoms with Crippen molar-refractivity contribution in [3.05, 3.63) is 23.2 Å². The lowest BCUT2D eigenvalue weighted by Gasteiger charge is -2.22. The Balaban J connectivity index is 3.04. The van der Waals surface area contributed by atoms with Gasteiger partial charge in [0.1, 0.15) is 12.3 Å². The molecule has 1 rings (SSSR count). The highest BCUT2D eigenvalue weighted by atomic mass is 35.5. The summed E-state index contributed by atoms with van der Waals surface area (Å²) in [7, 11) is -2.14. The Morgan fingerprint density at radius 3 is 2.57 bits per heavy atom. The number of carbonyl (C=O) groups excluding carboxylic acids is 1. The van der Waals surface area contributed by atoms with Crippen molar-refractivity contribution in [3.63, 3.8) is 0 Å². The molecule has 21 heavy (non-hydrogen) atoms. The number of methoxy groups -OCH3 is 1. The summed E-state index contributed by atoms with van der Waals surface area (Å²) in [6.45, 7) is 2.12. The highest BCUT2D eigenvalue weighted by Gasteiger charge is 2.21. The standard InChI is InChI=1S/C13H19ClN2O4S/c1-4-7-15-13(17)9-16(21(3,18)19)10-5-6-12(20-2)11(14)8-10/h5-6,8H,4,7,9H2,1-3H3,(H,15,17). The number of benzene rings is 1. The zero-order valence-electron chi connectivity index (χ0n) is 12.2. The Kier molecular flexibility index (Phi) is 6.29. The third-order valence-electron chi connectivity index (χ3n) is 2.68. The minimum Gasteiger partial charge on any atom is -0.495 e. The van der Waals surface area contributed by atoms with E-state index in [9.17, 15) is 13.2 Å². The van der Waals surface area contributed by atoms with Crippen molar-refractivity contribution in [1.29, 1.82) is 0 Å². The molecule has 0 saturated carbocycles. The monoisotopic (exact) mass is 334 g/mol. The van der Waals surface area contributed by atoms with Crippen molar-refractivity contribution >= 4 is 33.2 Å². The maximum atomic E-state index is 11.9. The van der Waals surface area contributed by atoms with Crippen LogP contribution >= 0.6 is 11.6 Å². The van der Waals surface area contributed by atoms with E-state index in [4.69, 9.17) is 16.3 Å². The second-order valence-electron chi connectivity index (χ2n) is 4.44. The van der Waals surface area contributed by atoms with E-state index in [0.717, 1.165) is 17.0 Å². The van der Waals surface area contributed by atoms with Gasteiger partial charge in [-0.05, 0) is 24.6 Å². The first-order valence-corrected chi connectivity index (χ1v) is 8.60. The molecule has 0 bridgehead atoms. The number of anilines is 1.